The summed E-state index contributed by atoms with van der Waals surface area (Å²) in [5.74, 6) is 2.70. The van der Waals surface area contributed by atoms with E-state index >= 15 is 0 Å². The highest BCUT2D eigenvalue weighted by molar-refractivity contribution is 5.33. The molecule has 0 aliphatic heterocycles. The fraction of sp³-hybridized carbons (Fsp3) is 0.727. The van der Waals surface area contributed by atoms with E-state index in [1.54, 1.807) is 6.92 Å². The Labute approximate surface area is 151 Å². The van der Waals surface area contributed by atoms with Crippen molar-refractivity contribution < 1.29 is 14.5 Å². The van der Waals surface area contributed by atoms with Crippen molar-refractivity contribution in [1.29, 1.82) is 0 Å². The van der Waals surface area contributed by atoms with Crippen LogP contribution in [0.15, 0.2) is 12.1 Å². The van der Waals surface area contributed by atoms with Crippen molar-refractivity contribution in [2.75, 3.05) is 0 Å². The third-order valence-electron chi connectivity index (χ3n) is 7.04. The Kier molecular flexibility index (Phi) is 6.17. The van der Waals surface area contributed by atoms with E-state index in [1.165, 1.54) is 44.6 Å². The smallest absolute Gasteiger partial charge is 0.126 e. The largest absolute Gasteiger partial charge is 0.251 e. The molecule has 0 amide bonds. The van der Waals surface area contributed by atoms with Crippen molar-refractivity contribution in [1.82, 2.24) is 0 Å². The summed E-state index contributed by atoms with van der Waals surface area (Å²) in [5, 5.41) is 9.50. The van der Waals surface area contributed by atoms with Gasteiger partial charge in [0.2, 0.25) is 0 Å². The van der Waals surface area contributed by atoms with E-state index in [0.29, 0.717) is 5.56 Å². The second-order valence-corrected chi connectivity index (χ2v) is 8.67. The van der Waals surface area contributed by atoms with Crippen molar-refractivity contribution >= 4 is 0 Å². The molecule has 1 unspecified atom stereocenters. The molecule has 3 heteroatoms. The van der Waals surface area contributed by atoms with Gasteiger partial charge in [-0.15, -0.1) is 0 Å². The fourth-order valence-corrected chi connectivity index (χ4v) is 5.10. The highest BCUT2D eigenvalue weighted by Gasteiger charge is 2.34. The summed E-state index contributed by atoms with van der Waals surface area (Å²) >= 11 is 0. The second kappa shape index (κ2) is 8.18. The van der Waals surface area contributed by atoms with Crippen LogP contribution >= 0.6 is 0 Å². The lowest BCUT2D eigenvalue weighted by atomic mass is 9.68. The van der Waals surface area contributed by atoms with Gasteiger partial charge in [0.25, 0.3) is 0 Å². The fourth-order valence-electron chi connectivity index (χ4n) is 5.10. The van der Waals surface area contributed by atoms with Gasteiger partial charge < -0.3 is 0 Å². The maximum Gasteiger partial charge on any atom is 0.126 e. The minimum atomic E-state index is -0.402. The van der Waals surface area contributed by atoms with Crippen LogP contribution in [-0.4, -0.2) is 5.26 Å². The van der Waals surface area contributed by atoms with Gasteiger partial charge in [0.05, 0.1) is 0 Å². The monoisotopic (exact) mass is 348 g/mol. The van der Waals surface area contributed by atoms with Gasteiger partial charge >= 0.3 is 0 Å². The number of rotatable bonds is 4. The van der Waals surface area contributed by atoms with E-state index in [9.17, 15) is 9.65 Å². The van der Waals surface area contributed by atoms with Crippen molar-refractivity contribution in [2.45, 2.75) is 78.2 Å². The Bertz CT molecular complexity index is 546. The van der Waals surface area contributed by atoms with Gasteiger partial charge in [-0.3, -0.25) is 5.26 Å². The average Bonchev–Trinajstić information content (AvgIpc) is 2.61. The van der Waals surface area contributed by atoms with Gasteiger partial charge in [-0.2, -0.15) is 0 Å². The lowest BCUT2D eigenvalue weighted by molar-refractivity contribution is -0.296. The molecule has 0 saturated heterocycles. The summed E-state index contributed by atoms with van der Waals surface area (Å²) in [7, 11) is 0. The zero-order valence-corrected chi connectivity index (χ0v) is 15.9. The molecule has 0 spiro atoms. The summed E-state index contributed by atoms with van der Waals surface area (Å²) in [6.45, 7) is 6.08. The van der Waals surface area contributed by atoms with Gasteiger partial charge in [-0.1, -0.05) is 25.8 Å². The topological polar surface area (TPSA) is 29.5 Å². The van der Waals surface area contributed by atoms with E-state index in [2.05, 4.69) is 6.92 Å². The second-order valence-electron chi connectivity index (χ2n) is 8.67. The van der Waals surface area contributed by atoms with Crippen LogP contribution in [-0.2, 0) is 4.89 Å². The van der Waals surface area contributed by atoms with E-state index < -0.39 is 6.10 Å². The van der Waals surface area contributed by atoms with Crippen molar-refractivity contribution in [3.05, 3.63) is 34.6 Å². The Balaban J connectivity index is 1.62. The van der Waals surface area contributed by atoms with Crippen LogP contribution < -0.4 is 0 Å². The van der Waals surface area contributed by atoms with Crippen molar-refractivity contribution in [3.63, 3.8) is 0 Å². The highest BCUT2D eigenvalue weighted by atomic mass is 19.1. The summed E-state index contributed by atoms with van der Waals surface area (Å²) in [6, 6.07) is 3.51. The third-order valence-corrected chi connectivity index (χ3v) is 7.04. The maximum atomic E-state index is 14.1. The van der Waals surface area contributed by atoms with Gasteiger partial charge in [-0.25, -0.2) is 9.28 Å². The van der Waals surface area contributed by atoms with Crippen LogP contribution in [0.25, 0.3) is 0 Å². The molecule has 1 aromatic rings. The Morgan fingerprint density at radius 1 is 0.960 bits per heavy atom. The Hall–Kier alpha value is -0.930. The molecule has 2 aliphatic carbocycles. The minimum Gasteiger partial charge on any atom is -0.251 e. The molecule has 2 aliphatic rings. The molecule has 3 rings (SSSR count). The van der Waals surface area contributed by atoms with Gasteiger partial charge in [0.15, 0.2) is 0 Å². The highest BCUT2D eigenvalue weighted by Crippen LogP contribution is 2.45. The van der Waals surface area contributed by atoms with Crippen LogP contribution in [0.5, 0.6) is 0 Å². The molecule has 2 saturated carbocycles. The first-order chi connectivity index (χ1) is 12.0. The van der Waals surface area contributed by atoms with E-state index in [-0.39, 0.29) is 11.7 Å². The molecular weight excluding hydrogens is 315 g/mol. The normalized spacial score (nSPS) is 31.7. The van der Waals surface area contributed by atoms with Crippen LogP contribution in [0.2, 0.25) is 0 Å². The predicted molar refractivity (Wildman–Crippen MR) is 98.9 cm³/mol. The maximum absolute atomic E-state index is 14.1. The average molecular weight is 349 g/mol. The van der Waals surface area contributed by atoms with Gasteiger partial charge in [0.1, 0.15) is 11.9 Å². The molecule has 25 heavy (non-hydrogen) atoms. The Morgan fingerprint density at radius 2 is 1.52 bits per heavy atom. The zero-order valence-electron chi connectivity index (χ0n) is 15.9. The molecule has 1 aromatic carbocycles. The first kappa shape index (κ1) is 18.8. The molecule has 0 radical (unpaired) electrons. The standard InChI is InChI=1S/C22H33FO2/c1-14-4-6-17(7-5-14)18-8-10-19(11-9-18)22(25-24)20-12-15(2)16(3)21(23)13-20/h12-14,17-19,22,24H,4-11H2,1-3H3. The Morgan fingerprint density at radius 3 is 2.04 bits per heavy atom. The molecule has 140 valence electrons. The quantitative estimate of drug-likeness (QED) is 0.490. The summed E-state index contributed by atoms with van der Waals surface area (Å²) in [4.78, 5) is 4.85. The number of hydrogen-bond acceptors (Lipinski definition) is 2. The molecule has 0 aromatic heterocycles. The predicted octanol–water partition coefficient (Wildman–Crippen LogP) is 6.61. The van der Waals surface area contributed by atoms with Crippen LogP contribution in [0.1, 0.15) is 81.1 Å². The molecule has 2 fully saturated rings. The van der Waals surface area contributed by atoms with E-state index in [0.717, 1.165) is 41.7 Å². The molecule has 0 bridgehead atoms. The zero-order chi connectivity index (χ0) is 18.0. The summed E-state index contributed by atoms with van der Waals surface area (Å²) < 4.78 is 14.1. The van der Waals surface area contributed by atoms with E-state index in [1.807, 2.05) is 13.0 Å². The van der Waals surface area contributed by atoms with Crippen molar-refractivity contribution in [2.24, 2.45) is 23.7 Å². The van der Waals surface area contributed by atoms with E-state index in [4.69, 9.17) is 4.89 Å². The minimum absolute atomic E-state index is 0.206. The van der Waals surface area contributed by atoms with Crippen LogP contribution in [0.4, 0.5) is 4.39 Å². The first-order valence-corrected chi connectivity index (χ1v) is 10.1. The van der Waals surface area contributed by atoms with Crippen LogP contribution in [0, 0.1) is 43.3 Å². The molecule has 1 atom stereocenters. The molecule has 1 N–H and O–H groups in total. The number of halogens is 1. The van der Waals surface area contributed by atoms with Gasteiger partial charge in [0, 0.05) is 0 Å². The van der Waals surface area contributed by atoms with Gasteiger partial charge in [-0.05, 0) is 98.8 Å². The summed E-state index contributed by atoms with van der Waals surface area (Å²) in [5.41, 5.74) is 2.37. The molecule has 2 nitrogen and oxygen atoms in total. The number of aryl methyl sites for hydroxylation is 1. The summed E-state index contributed by atoms with van der Waals surface area (Å²) in [6.07, 6.45) is 9.71. The first-order valence-electron chi connectivity index (χ1n) is 10.1. The third kappa shape index (κ3) is 4.25. The van der Waals surface area contributed by atoms with Crippen molar-refractivity contribution in [3.8, 4) is 0 Å². The molecular formula is C22H33FO2. The number of hydrogen-bond donors (Lipinski definition) is 1. The number of benzene rings is 1. The lowest BCUT2D eigenvalue weighted by Crippen LogP contribution is -2.28. The SMILES string of the molecule is Cc1cc(C(OO)C2CCC(C3CCC(C)CC3)CC2)cc(F)c1C. The lowest BCUT2D eigenvalue weighted by Gasteiger charge is -2.38. The van der Waals surface area contributed by atoms with Crippen LogP contribution in [0.3, 0.4) is 0 Å². The molecule has 0 heterocycles.